The van der Waals surface area contributed by atoms with Gasteiger partial charge < -0.3 is 0 Å². The normalized spacial score (nSPS) is 11.9. The minimum absolute atomic E-state index is 0.0620. The van der Waals surface area contributed by atoms with Crippen molar-refractivity contribution < 1.29 is 8.42 Å². The van der Waals surface area contributed by atoms with E-state index in [0.29, 0.717) is 16.5 Å². The first-order chi connectivity index (χ1) is 11.0. The van der Waals surface area contributed by atoms with Gasteiger partial charge in [0, 0.05) is 15.7 Å². The van der Waals surface area contributed by atoms with Crippen molar-refractivity contribution in [2.24, 2.45) is 0 Å². The van der Waals surface area contributed by atoms with Crippen LogP contribution < -0.4 is 0 Å². The van der Waals surface area contributed by atoms with E-state index >= 15 is 0 Å². The third-order valence-corrected chi connectivity index (χ3v) is 7.50. The summed E-state index contributed by atoms with van der Waals surface area (Å²) >= 11 is 10.3. The van der Waals surface area contributed by atoms with Crippen LogP contribution in [-0.4, -0.2) is 30.0 Å². The summed E-state index contributed by atoms with van der Waals surface area (Å²) in [7, 11) is -3.29. The molecule has 0 saturated carbocycles. The minimum Gasteiger partial charge on any atom is -0.236 e. The Labute approximate surface area is 151 Å². The maximum absolute atomic E-state index is 12.3. The summed E-state index contributed by atoms with van der Waals surface area (Å²) in [6, 6.07) is 9.17. The fraction of sp³-hybridized carbons (Fsp3) is 0.200. The highest BCUT2D eigenvalue weighted by Gasteiger charge is 2.18. The summed E-state index contributed by atoms with van der Waals surface area (Å²) in [6.07, 6.45) is 1.94. The predicted octanol–water partition coefficient (Wildman–Crippen LogP) is 4.52. The molecule has 1 aromatic carbocycles. The van der Waals surface area contributed by atoms with Crippen molar-refractivity contribution in [2.75, 3.05) is 11.6 Å². The summed E-state index contributed by atoms with van der Waals surface area (Å²) in [5.74, 6) is 0.397. The van der Waals surface area contributed by atoms with Crippen LogP contribution in [0.25, 0.3) is 21.5 Å². The Balaban J connectivity index is 2.06. The zero-order chi connectivity index (χ0) is 16.4. The zero-order valence-corrected chi connectivity index (χ0v) is 15.8. The highest BCUT2D eigenvalue weighted by atomic mass is 79.9. The molecule has 2 heterocycles. The van der Waals surface area contributed by atoms with Crippen LogP contribution in [0.1, 0.15) is 6.42 Å². The molecule has 0 aliphatic rings. The molecule has 0 N–H and O–H groups in total. The molecule has 0 radical (unpaired) electrons. The number of halogens is 2. The number of fused-ring (bicyclic) bond motifs is 1. The Hall–Kier alpha value is -1.02. The van der Waals surface area contributed by atoms with E-state index in [1.807, 2.05) is 18.2 Å². The lowest BCUT2D eigenvalue weighted by molar-refractivity contribution is 0.597. The molecule has 0 bridgehead atoms. The van der Waals surface area contributed by atoms with E-state index in [0.717, 1.165) is 25.9 Å². The van der Waals surface area contributed by atoms with Gasteiger partial charge in [0.05, 0.1) is 21.8 Å². The number of aromatic nitrogens is 2. The second-order valence-electron chi connectivity index (χ2n) is 4.86. The number of sulfone groups is 1. The van der Waals surface area contributed by atoms with Gasteiger partial charge in [0.2, 0.25) is 0 Å². The average Bonchev–Trinajstić information content (AvgIpc) is 3.03. The van der Waals surface area contributed by atoms with Gasteiger partial charge in [-0.2, -0.15) is 0 Å². The summed E-state index contributed by atoms with van der Waals surface area (Å²) < 4.78 is 25.8. The van der Waals surface area contributed by atoms with E-state index in [2.05, 4.69) is 25.9 Å². The molecular weight excluding hydrogens is 420 g/mol. The van der Waals surface area contributed by atoms with Crippen molar-refractivity contribution in [3.05, 3.63) is 41.1 Å². The van der Waals surface area contributed by atoms with Crippen LogP contribution in [0.5, 0.6) is 0 Å². The topological polar surface area (TPSA) is 59.9 Å². The van der Waals surface area contributed by atoms with E-state index < -0.39 is 9.84 Å². The van der Waals surface area contributed by atoms with Crippen LogP contribution in [0.15, 0.2) is 45.3 Å². The van der Waals surface area contributed by atoms with Crippen LogP contribution >= 0.6 is 38.9 Å². The fourth-order valence-corrected chi connectivity index (χ4v) is 5.61. The SMILES string of the molecule is O=S(=O)(CCCCl)c1ccc(-c2ncnc3ccc(Br)cc23)s1. The molecular formula is C15H12BrClN2O2S2. The van der Waals surface area contributed by atoms with E-state index in [1.165, 1.54) is 17.7 Å². The molecule has 2 aromatic heterocycles. The van der Waals surface area contributed by atoms with Crippen LogP contribution in [0, 0.1) is 0 Å². The van der Waals surface area contributed by atoms with Gasteiger partial charge in [0.25, 0.3) is 0 Å². The van der Waals surface area contributed by atoms with Crippen molar-refractivity contribution >= 4 is 59.6 Å². The van der Waals surface area contributed by atoms with E-state index in [9.17, 15) is 8.42 Å². The molecule has 0 amide bonds. The molecule has 0 fully saturated rings. The quantitative estimate of drug-likeness (QED) is 0.557. The Bertz CT molecular complexity index is 957. The van der Waals surface area contributed by atoms with Crippen LogP contribution in [0.2, 0.25) is 0 Å². The van der Waals surface area contributed by atoms with Crippen molar-refractivity contribution in [1.82, 2.24) is 9.97 Å². The van der Waals surface area contributed by atoms with Crippen LogP contribution in [0.3, 0.4) is 0 Å². The number of rotatable bonds is 5. The summed E-state index contributed by atoms with van der Waals surface area (Å²) in [5, 5.41) is 0.883. The lowest BCUT2D eigenvalue weighted by Crippen LogP contribution is -2.05. The lowest BCUT2D eigenvalue weighted by atomic mass is 10.1. The number of hydrogen-bond donors (Lipinski definition) is 0. The zero-order valence-electron chi connectivity index (χ0n) is 11.9. The van der Waals surface area contributed by atoms with Gasteiger partial charge in [-0.3, -0.25) is 0 Å². The van der Waals surface area contributed by atoms with Crippen molar-refractivity contribution in [1.29, 1.82) is 0 Å². The first kappa shape index (κ1) is 16.8. The summed E-state index contributed by atoms with van der Waals surface area (Å²) in [4.78, 5) is 9.39. The minimum atomic E-state index is -3.29. The maximum Gasteiger partial charge on any atom is 0.187 e. The van der Waals surface area contributed by atoms with Gasteiger partial charge >= 0.3 is 0 Å². The highest BCUT2D eigenvalue weighted by molar-refractivity contribution is 9.10. The fourth-order valence-electron chi connectivity index (χ4n) is 2.18. The molecule has 0 aliphatic heterocycles. The van der Waals surface area contributed by atoms with Gasteiger partial charge in [-0.05, 0) is 36.8 Å². The van der Waals surface area contributed by atoms with Crippen LogP contribution in [-0.2, 0) is 9.84 Å². The molecule has 0 spiro atoms. The van der Waals surface area contributed by atoms with Crippen molar-refractivity contribution in [2.45, 2.75) is 10.6 Å². The lowest BCUT2D eigenvalue weighted by Gasteiger charge is -2.03. The first-order valence-electron chi connectivity index (χ1n) is 6.80. The number of benzene rings is 1. The van der Waals surface area contributed by atoms with Gasteiger partial charge in [-0.1, -0.05) is 15.9 Å². The van der Waals surface area contributed by atoms with Gasteiger partial charge in [0.1, 0.15) is 10.5 Å². The molecule has 0 unspecified atom stereocenters. The smallest absolute Gasteiger partial charge is 0.187 e. The highest BCUT2D eigenvalue weighted by Crippen LogP contribution is 2.34. The van der Waals surface area contributed by atoms with Gasteiger partial charge in [0.15, 0.2) is 9.84 Å². The van der Waals surface area contributed by atoms with Crippen LogP contribution in [0.4, 0.5) is 0 Å². The maximum atomic E-state index is 12.3. The Morgan fingerprint density at radius 3 is 2.78 bits per heavy atom. The van der Waals surface area contributed by atoms with E-state index in [4.69, 9.17) is 11.6 Å². The Kier molecular flexibility index (Phi) is 5.01. The molecule has 3 rings (SSSR count). The largest absolute Gasteiger partial charge is 0.236 e. The average molecular weight is 432 g/mol. The van der Waals surface area contributed by atoms with Crippen molar-refractivity contribution in [3.63, 3.8) is 0 Å². The number of thiophene rings is 1. The van der Waals surface area contributed by atoms with Gasteiger partial charge in [-0.25, -0.2) is 18.4 Å². The second-order valence-corrected chi connectivity index (χ2v) is 9.58. The molecule has 120 valence electrons. The standard InChI is InChI=1S/C15H12BrClN2O2S2/c16-10-2-3-12-11(8-10)15(19-9-18-12)13-4-5-14(22-13)23(20,21)7-1-6-17/h2-5,8-9H,1,6-7H2. The summed E-state index contributed by atoms with van der Waals surface area (Å²) in [6.45, 7) is 0. The summed E-state index contributed by atoms with van der Waals surface area (Å²) in [5.41, 5.74) is 1.55. The number of nitrogens with zero attached hydrogens (tertiary/aromatic N) is 2. The monoisotopic (exact) mass is 430 g/mol. The first-order valence-corrected chi connectivity index (χ1v) is 10.6. The Morgan fingerprint density at radius 2 is 2.00 bits per heavy atom. The molecule has 0 aliphatic carbocycles. The second kappa shape index (κ2) is 6.84. The molecule has 23 heavy (non-hydrogen) atoms. The molecule has 0 saturated heterocycles. The molecule has 3 aromatic rings. The number of alkyl halides is 1. The molecule has 4 nitrogen and oxygen atoms in total. The Morgan fingerprint density at radius 1 is 1.17 bits per heavy atom. The van der Waals surface area contributed by atoms with E-state index in [-0.39, 0.29) is 5.75 Å². The predicted molar refractivity (Wildman–Crippen MR) is 97.9 cm³/mol. The molecule has 0 atom stereocenters. The third-order valence-electron chi connectivity index (χ3n) is 3.27. The molecule has 8 heteroatoms. The van der Waals surface area contributed by atoms with E-state index in [1.54, 1.807) is 12.1 Å². The third kappa shape index (κ3) is 3.57. The number of hydrogen-bond acceptors (Lipinski definition) is 5. The van der Waals surface area contributed by atoms with Gasteiger partial charge in [-0.15, -0.1) is 22.9 Å². The van der Waals surface area contributed by atoms with Crippen molar-refractivity contribution in [3.8, 4) is 10.6 Å².